The number of hydrogen-bond acceptors (Lipinski definition) is 12. The van der Waals surface area contributed by atoms with Gasteiger partial charge in [-0.3, -0.25) is 25.0 Å². The molecule has 0 bridgehead atoms. The van der Waals surface area contributed by atoms with Crippen LogP contribution in [0.15, 0.2) is 48.5 Å². The molecule has 0 saturated carbocycles. The predicted molar refractivity (Wildman–Crippen MR) is 178 cm³/mol. The Morgan fingerprint density at radius 3 is 1.65 bits per heavy atom. The Balaban J connectivity index is 1.55. The van der Waals surface area contributed by atoms with Gasteiger partial charge in [0.2, 0.25) is 0 Å². The zero-order valence-electron chi connectivity index (χ0n) is 28.0. The molecule has 0 aliphatic carbocycles. The average Bonchev–Trinajstić information content (AvgIpc) is 3.09. The van der Waals surface area contributed by atoms with Crippen LogP contribution in [0, 0.1) is 20.2 Å². The fourth-order valence-corrected chi connectivity index (χ4v) is 4.92. The van der Waals surface area contributed by atoms with Crippen molar-refractivity contribution in [3.8, 4) is 5.75 Å². The lowest BCUT2D eigenvalue weighted by Crippen LogP contribution is -2.23. The molecule has 2 aromatic carbocycles. The third kappa shape index (κ3) is 17.7. The molecule has 0 saturated heterocycles. The molecule has 0 N–H and O–H groups in total. The summed E-state index contributed by atoms with van der Waals surface area (Å²) in [6.07, 6.45) is 13.0. The van der Waals surface area contributed by atoms with E-state index in [9.17, 15) is 39.4 Å². The Labute approximate surface area is 285 Å². The first kappa shape index (κ1) is 40.3. The first-order valence-corrected chi connectivity index (χ1v) is 16.8. The van der Waals surface area contributed by atoms with Crippen LogP contribution in [0.3, 0.4) is 0 Å². The number of benzene rings is 2. The first-order chi connectivity index (χ1) is 23.6. The molecule has 2 aromatic rings. The SMILES string of the molecule is CCCCCC[C@H](CCCCCCCCCCC(=O)OCC(=O)Oc1ccc([N+](=O)[O-])cc1)OC(=O)COC(=O)c1ccc([N+](=O)[O-])cc1. The maximum Gasteiger partial charge on any atom is 0.349 e. The van der Waals surface area contributed by atoms with Gasteiger partial charge < -0.3 is 18.9 Å². The Bertz CT molecular complexity index is 1350. The number of ether oxygens (including phenoxy) is 4. The van der Waals surface area contributed by atoms with Crippen molar-refractivity contribution >= 4 is 35.3 Å². The highest BCUT2D eigenvalue weighted by atomic mass is 16.6. The number of carbonyl (C=O) groups is 4. The van der Waals surface area contributed by atoms with E-state index in [1.54, 1.807) is 0 Å². The smallest absolute Gasteiger partial charge is 0.349 e. The third-order valence-electron chi connectivity index (χ3n) is 7.60. The average molecular weight is 687 g/mol. The minimum Gasteiger partial charge on any atom is -0.460 e. The zero-order valence-corrected chi connectivity index (χ0v) is 28.0. The van der Waals surface area contributed by atoms with Crippen LogP contribution >= 0.6 is 0 Å². The number of unbranched alkanes of at least 4 members (excludes halogenated alkanes) is 10. The summed E-state index contributed by atoms with van der Waals surface area (Å²) in [4.78, 5) is 68.7. The highest BCUT2D eigenvalue weighted by Crippen LogP contribution is 2.19. The molecule has 0 spiro atoms. The molecule has 2 rings (SSSR count). The van der Waals surface area contributed by atoms with Crippen LogP contribution in [-0.4, -0.2) is 53.0 Å². The fourth-order valence-electron chi connectivity index (χ4n) is 4.92. The van der Waals surface area contributed by atoms with Gasteiger partial charge in [-0.05, 0) is 56.4 Å². The van der Waals surface area contributed by atoms with Crippen molar-refractivity contribution in [2.75, 3.05) is 13.2 Å². The minimum absolute atomic E-state index is 0.107. The van der Waals surface area contributed by atoms with Crippen LogP contribution in [0.5, 0.6) is 5.75 Å². The highest BCUT2D eigenvalue weighted by molar-refractivity contribution is 5.91. The van der Waals surface area contributed by atoms with E-state index >= 15 is 0 Å². The highest BCUT2D eigenvalue weighted by Gasteiger charge is 2.18. The Morgan fingerprint density at radius 2 is 1.10 bits per heavy atom. The van der Waals surface area contributed by atoms with Crippen molar-refractivity contribution in [1.82, 2.24) is 0 Å². The van der Waals surface area contributed by atoms with Gasteiger partial charge in [0.1, 0.15) is 11.9 Å². The summed E-state index contributed by atoms with van der Waals surface area (Å²) in [7, 11) is 0. The monoisotopic (exact) mass is 686 g/mol. The van der Waals surface area contributed by atoms with Crippen LogP contribution in [-0.2, 0) is 28.6 Å². The Kier molecular flexibility index (Phi) is 19.3. The van der Waals surface area contributed by atoms with Gasteiger partial charge in [0.25, 0.3) is 11.4 Å². The summed E-state index contributed by atoms with van der Waals surface area (Å²) in [5.41, 5.74) is -0.175. The van der Waals surface area contributed by atoms with Gasteiger partial charge in [-0.15, -0.1) is 0 Å². The molecule has 49 heavy (non-hydrogen) atoms. The molecule has 0 unspecified atom stereocenters. The van der Waals surface area contributed by atoms with Crippen molar-refractivity contribution in [1.29, 1.82) is 0 Å². The maximum atomic E-state index is 12.4. The predicted octanol–water partition coefficient (Wildman–Crippen LogP) is 7.59. The molecular weight excluding hydrogens is 640 g/mol. The van der Waals surface area contributed by atoms with Crippen LogP contribution < -0.4 is 4.74 Å². The molecule has 0 fully saturated rings. The number of esters is 4. The van der Waals surface area contributed by atoms with E-state index in [-0.39, 0.29) is 35.2 Å². The lowest BCUT2D eigenvalue weighted by Gasteiger charge is -2.18. The van der Waals surface area contributed by atoms with E-state index in [0.717, 1.165) is 83.5 Å². The summed E-state index contributed by atoms with van der Waals surface area (Å²) in [5, 5.41) is 21.5. The Hall–Kier alpha value is -4.88. The number of nitro benzene ring substituents is 2. The number of rotatable bonds is 25. The summed E-state index contributed by atoms with van der Waals surface area (Å²) in [6, 6.07) is 9.94. The van der Waals surface area contributed by atoms with Gasteiger partial charge in [-0.2, -0.15) is 0 Å². The largest absolute Gasteiger partial charge is 0.460 e. The minimum atomic E-state index is -0.773. The molecule has 1 atom stereocenters. The molecule has 14 nitrogen and oxygen atoms in total. The summed E-state index contributed by atoms with van der Waals surface area (Å²) >= 11 is 0. The molecule has 0 radical (unpaired) electrons. The van der Waals surface area contributed by atoms with E-state index < -0.39 is 46.9 Å². The van der Waals surface area contributed by atoms with E-state index in [2.05, 4.69) is 6.92 Å². The molecule has 0 aliphatic rings. The van der Waals surface area contributed by atoms with Crippen LogP contribution in [0.25, 0.3) is 0 Å². The number of nitrogens with zero attached hydrogens (tertiary/aromatic N) is 2. The van der Waals surface area contributed by atoms with Crippen molar-refractivity contribution < 1.29 is 48.0 Å². The molecule has 14 heteroatoms. The lowest BCUT2D eigenvalue weighted by molar-refractivity contribution is -0.385. The van der Waals surface area contributed by atoms with Gasteiger partial charge >= 0.3 is 23.9 Å². The lowest BCUT2D eigenvalue weighted by atomic mass is 10.0. The van der Waals surface area contributed by atoms with Gasteiger partial charge in [-0.25, -0.2) is 14.4 Å². The number of nitro groups is 2. The number of hydrogen-bond donors (Lipinski definition) is 0. The topological polar surface area (TPSA) is 191 Å². The number of carbonyl (C=O) groups excluding carboxylic acids is 4. The second-order valence-corrected chi connectivity index (χ2v) is 11.6. The molecule has 268 valence electrons. The van der Waals surface area contributed by atoms with Crippen LogP contribution in [0.2, 0.25) is 0 Å². The number of non-ortho nitro benzene ring substituents is 2. The molecule has 0 aliphatic heterocycles. The second kappa shape index (κ2) is 23.4. The summed E-state index contributed by atoms with van der Waals surface area (Å²) in [5.74, 6) is -2.52. The van der Waals surface area contributed by atoms with E-state index in [1.807, 2.05) is 0 Å². The van der Waals surface area contributed by atoms with Crippen molar-refractivity contribution in [2.45, 2.75) is 109 Å². The Morgan fingerprint density at radius 1 is 0.612 bits per heavy atom. The normalized spacial score (nSPS) is 11.3. The summed E-state index contributed by atoms with van der Waals surface area (Å²) in [6.45, 7) is 1.06. The second-order valence-electron chi connectivity index (χ2n) is 11.6. The zero-order chi connectivity index (χ0) is 35.9. The van der Waals surface area contributed by atoms with Gasteiger partial charge in [-0.1, -0.05) is 64.7 Å². The first-order valence-electron chi connectivity index (χ1n) is 16.8. The van der Waals surface area contributed by atoms with E-state index in [1.165, 1.54) is 48.5 Å². The third-order valence-corrected chi connectivity index (χ3v) is 7.60. The standard InChI is InChI=1S/C35H46N2O12/c1-2-3-4-11-14-30(48-34(40)26-47-35(41)27-17-19-28(20-18-27)36(42)43)15-12-9-7-5-6-8-10-13-16-32(38)46-25-33(39)49-31-23-21-29(22-24-31)37(44)45/h17-24,30H,2-16,25-26H2,1H3/t30-/m1/s1. The van der Waals surface area contributed by atoms with Gasteiger partial charge in [0.15, 0.2) is 13.2 Å². The van der Waals surface area contributed by atoms with E-state index in [4.69, 9.17) is 18.9 Å². The van der Waals surface area contributed by atoms with Crippen molar-refractivity contribution in [3.63, 3.8) is 0 Å². The molecule has 0 heterocycles. The van der Waals surface area contributed by atoms with Crippen LogP contribution in [0.1, 0.15) is 114 Å². The quantitative estimate of drug-likeness (QED) is 0.0248. The fraction of sp³-hybridized carbons (Fsp3) is 0.543. The molecule has 0 aromatic heterocycles. The van der Waals surface area contributed by atoms with E-state index in [0.29, 0.717) is 6.42 Å². The van der Waals surface area contributed by atoms with Gasteiger partial charge in [0, 0.05) is 30.7 Å². The van der Waals surface area contributed by atoms with Crippen molar-refractivity contribution in [2.24, 2.45) is 0 Å². The summed E-state index contributed by atoms with van der Waals surface area (Å²) < 4.78 is 20.6. The van der Waals surface area contributed by atoms with Crippen LogP contribution in [0.4, 0.5) is 11.4 Å². The molecule has 0 amide bonds. The van der Waals surface area contributed by atoms with Crippen molar-refractivity contribution in [3.05, 3.63) is 74.3 Å². The van der Waals surface area contributed by atoms with Gasteiger partial charge in [0.05, 0.1) is 15.4 Å². The maximum absolute atomic E-state index is 12.4. The molecular formula is C35H46N2O12.